The molecule has 2 amide bonds. The minimum absolute atomic E-state index is 0. The topological polar surface area (TPSA) is 176 Å². The molecular formula is C14H24CuN6O4+. The fraction of sp³-hybridized carbons (Fsp3) is 0.571. The maximum absolute atomic E-state index is 12.4. The molecule has 2 atom stereocenters. The molecule has 11 heteroatoms. The Morgan fingerprint density at radius 1 is 1.20 bits per heavy atom. The van der Waals surface area contributed by atoms with Gasteiger partial charge in [-0.2, -0.15) is 0 Å². The summed E-state index contributed by atoms with van der Waals surface area (Å²) < 4.78 is 0. The Morgan fingerprint density at radius 2 is 1.92 bits per heavy atom. The van der Waals surface area contributed by atoms with Crippen molar-refractivity contribution in [1.29, 1.82) is 0 Å². The Morgan fingerprint density at radius 3 is 2.44 bits per heavy atom. The summed E-state index contributed by atoms with van der Waals surface area (Å²) in [5.41, 5.74) is 11.3. The number of unbranched alkanes of at least 4 members (excludes halogenated alkanes) is 1. The molecule has 0 aromatic carbocycles. The van der Waals surface area contributed by atoms with Crippen LogP contribution in [0.15, 0.2) is 12.5 Å². The predicted octanol–water partition coefficient (Wildman–Crippen LogP) is -1.91. The first-order valence-electron chi connectivity index (χ1n) is 7.67. The maximum atomic E-state index is 12.4. The molecule has 10 nitrogen and oxygen atoms in total. The molecular weight excluding hydrogens is 380 g/mol. The average molecular weight is 404 g/mol. The third-order valence-electron chi connectivity index (χ3n) is 3.38. The number of carbonyl (C=O) groups excluding carboxylic acids is 2. The molecule has 0 aliphatic heterocycles. The molecule has 0 bridgehead atoms. The Kier molecular flexibility index (Phi) is 11.5. The van der Waals surface area contributed by atoms with Crippen molar-refractivity contribution in [1.82, 2.24) is 20.6 Å². The summed E-state index contributed by atoms with van der Waals surface area (Å²) in [7, 11) is 0. The zero-order valence-corrected chi connectivity index (χ0v) is 14.6. The fourth-order valence-electron chi connectivity index (χ4n) is 2.10. The Labute approximate surface area is 156 Å². The number of nitrogens with one attached hydrogen (secondary N) is 3. The van der Waals surface area contributed by atoms with Crippen molar-refractivity contribution in [3.05, 3.63) is 18.2 Å². The van der Waals surface area contributed by atoms with E-state index in [9.17, 15) is 19.5 Å². The normalized spacial score (nSPS) is 12.6. The van der Waals surface area contributed by atoms with Crippen molar-refractivity contribution < 1.29 is 36.6 Å². The van der Waals surface area contributed by atoms with Gasteiger partial charge in [-0.1, -0.05) is 0 Å². The van der Waals surface area contributed by atoms with Crippen molar-refractivity contribution in [3.8, 4) is 0 Å². The second kappa shape index (κ2) is 12.4. The smallest absolute Gasteiger partial charge is 0.480 e. The van der Waals surface area contributed by atoms with Crippen LogP contribution >= 0.6 is 0 Å². The Hall–Kier alpha value is -1.94. The summed E-state index contributed by atoms with van der Waals surface area (Å²) in [6.45, 7) is 0.181. The number of nitrogens with two attached hydrogens (primary N) is 2. The molecule has 2 unspecified atom stereocenters. The number of rotatable bonds is 11. The number of aromatic nitrogens is 2. The largest absolute Gasteiger partial charge is 1.00 e. The quantitative estimate of drug-likeness (QED) is 0.184. The van der Waals surface area contributed by atoms with Crippen LogP contribution in [-0.4, -0.2) is 58.0 Å². The van der Waals surface area contributed by atoms with Crippen molar-refractivity contribution >= 4 is 17.8 Å². The van der Waals surface area contributed by atoms with Gasteiger partial charge in [-0.3, -0.25) is 9.59 Å². The van der Waals surface area contributed by atoms with E-state index in [1.807, 2.05) is 0 Å². The zero-order chi connectivity index (χ0) is 17.9. The van der Waals surface area contributed by atoms with E-state index < -0.39 is 29.9 Å². The summed E-state index contributed by atoms with van der Waals surface area (Å²) >= 11 is 0. The molecule has 1 rings (SSSR count). The number of aliphatic carboxylic acids is 1. The average Bonchev–Trinajstić information content (AvgIpc) is 3.06. The van der Waals surface area contributed by atoms with Crippen LogP contribution in [0.1, 0.15) is 25.0 Å². The number of hydrogen-bond acceptors (Lipinski definition) is 6. The summed E-state index contributed by atoms with van der Waals surface area (Å²) in [6, 6.07) is -1.99. The standard InChI is InChI=1S/C14H24N6O4.Cu/c15-4-2-1-3-10(14(23)24)20-13(22)11(19-12(21)6-16)5-9-7-17-8-18-9;/h7-8,10-11H,1-6,15-16H2,(H,17,18)(H,19,21)(H,20,22)(H,23,24);/q;+1. The molecule has 0 saturated carbocycles. The first-order valence-corrected chi connectivity index (χ1v) is 7.67. The van der Waals surface area contributed by atoms with Gasteiger partial charge in [0, 0.05) is 18.3 Å². The van der Waals surface area contributed by atoms with Gasteiger partial charge < -0.3 is 32.2 Å². The third-order valence-corrected chi connectivity index (χ3v) is 3.38. The molecule has 1 heterocycles. The van der Waals surface area contributed by atoms with Crippen LogP contribution in [0.25, 0.3) is 0 Å². The van der Waals surface area contributed by atoms with Crippen molar-refractivity contribution in [2.45, 2.75) is 37.8 Å². The molecule has 25 heavy (non-hydrogen) atoms. The van der Waals surface area contributed by atoms with Gasteiger partial charge in [0.15, 0.2) is 0 Å². The van der Waals surface area contributed by atoms with Gasteiger partial charge in [0.1, 0.15) is 12.1 Å². The first kappa shape index (κ1) is 23.1. The minimum atomic E-state index is -1.13. The molecule has 0 radical (unpaired) electrons. The van der Waals surface area contributed by atoms with Gasteiger partial charge in [-0.15, -0.1) is 0 Å². The molecule has 0 aliphatic rings. The molecule has 8 N–H and O–H groups in total. The molecule has 1 aromatic rings. The van der Waals surface area contributed by atoms with Crippen molar-refractivity contribution in [2.75, 3.05) is 13.1 Å². The SMILES string of the molecule is NCCCCC(NC(=O)C(Cc1cnc[nH]1)NC(=O)CN)C(=O)O.[Cu+]. The second-order valence-electron chi connectivity index (χ2n) is 5.29. The van der Waals surface area contributed by atoms with E-state index in [2.05, 4.69) is 20.6 Å². The molecule has 0 aliphatic carbocycles. The third kappa shape index (κ3) is 8.64. The van der Waals surface area contributed by atoms with Gasteiger partial charge in [0.2, 0.25) is 11.8 Å². The minimum Gasteiger partial charge on any atom is -0.480 e. The number of carboxylic acids is 1. The van der Waals surface area contributed by atoms with Crippen LogP contribution in [-0.2, 0) is 37.9 Å². The van der Waals surface area contributed by atoms with Crippen LogP contribution in [0.4, 0.5) is 0 Å². The van der Waals surface area contributed by atoms with E-state index in [-0.39, 0.29) is 36.5 Å². The van der Waals surface area contributed by atoms with Crippen molar-refractivity contribution in [3.63, 3.8) is 0 Å². The predicted molar refractivity (Wildman–Crippen MR) is 85.7 cm³/mol. The van der Waals surface area contributed by atoms with Crippen LogP contribution < -0.4 is 22.1 Å². The van der Waals surface area contributed by atoms with E-state index in [4.69, 9.17) is 11.5 Å². The van der Waals surface area contributed by atoms with Gasteiger partial charge >= 0.3 is 23.0 Å². The number of carboxylic acid groups (broad SMARTS) is 1. The molecule has 0 spiro atoms. The number of carbonyl (C=O) groups is 3. The van der Waals surface area contributed by atoms with Gasteiger partial charge in [-0.25, -0.2) is 9.78 Å². The van der Waals surface area contributed by atoms with Crippen LogP contribution in [0.3, 0.4) is 0 Å². The van der Waals surface area contributed by atoms with Gasteiger partial charge in [-0.05, 0) is 25.8 Å². The molecule has 0 fully saturated rings. The van der Waals surface area contributed by atoms with Crippen LogP contribution in [0, 0.1) is 0 Å². The van der Waals surface area contributed by atoms with E-state index >= 15 is 0 Å². The summed E-state index contributed by atoms with van der Waals surface area (Å²) in [5, 5.41) is 14.1. The number of hydrogen-bond donors (Lipinski definition) is 6. The van der Waals surface area contributed by atoms with E-state index in [0.29, 0.717) is 25.1 Å². The summed E-state index contributed by atoms with van der Waals surface area (Å²) in [5.74, 6) is -2.23. The molecule has 1 aromatic heterocycles. The van der Waals surface area contributed by atoms with Gasteiger partial charge in [0.25, 0.3) is 0 Å². The summed E-state index contributed by atoms with van der Waals surface area (Å²) in [6.07, 6.45) is 4.62. The van der Waals surface area contributed by atoms with Crippen LogP contribution in [0.2, 0.25) is 0 Å². The zero-order valence-electron chi connectivity index (χ0n) is 13.6. The monoisotopic (exact) mass is 403 g/mol. The fourth-order valence-corrected chi connectivity index (χ4v) is 2.10. The molecule has 144 valence electrons. The number of H-pyrrole nitrogens is 1. The number of nitrogens with zero attached hydrogens (tertiary/aromatic N) is 1. The Balaban J connectivity index is 0.00000576. The van der Waals surface area contributed by atoms with E-state index in [1.165, 1.54) is 12.5 Å². The maximum Gasteiger partial charge on any atom is 1.00 e. The summed E-state index contributed by atoms with van der Waals surface area (Å²) in [4.78, 5) is 41.8. The van der Waals surface area contributed by atoms with Crippen molar-refractivity contribution in [2.24, 2.45) is 11.5 Å². The van der Waals surface area contributed by atoms with E-state index in [0.717, 1.165) is 0 Å². The number of aromatic amines is 1. The first-order chi connectivity index (χ1) is 11.5. The number of amides is 2. The second-order valence-corrected chi connectivity index (χ2v) is 5.29. The van der Waals surface area contributed by atoms with Gasteiger partial charge in [0.05, 0.1) is 12.9 Å². The van der Waals surface area contributed by atoms with E-state index in [1.54, 1.807) is 0 Å². The molecule has 0 saturated heterocycles. The number of imidazole rings is 1. The Bertz CT molecular complexity index is 539. The van der Waals surface area contributed by atoms with Crippen LogP contribution in [0.5, 0.6) is 0 Å².